The Bertz CT molecular complexity index is 597. The van der Waals surface area contributed by atoms with Crippen LogP contribution in [0.3, 0.4) is 0 Å². The van der Waals surface area contributed by atoms with Crippen molar-refractivity contribution in [3.8, 4) is 0 Å². The molecular formula is C17H26N4O2. The molecule has 1 atom stereocenters. The van der Waals surface area contributed by atoms with Crippen LogP contribution in [-0.2, 0) is 11.2 Å². The molecule has 0 aliphatic carbocycles. The lowest BCUT2D eigenvalue weighted by Gasteiger charge is -2.41. The van der Waals surface area contributed by atoms with Gasteiger partial charge in [0.05, 0.1) is 0 Å². The van der Waals surface area contributed by atoms with E-state index in [1.807, 2.05) is 31.9 Å². The van der Waals surface area contributed by atoms with E-state index in [0.29, 0.717) is 6.54 Å². The summed E-state index contributed by atoms with van der Waals surface area (Å²) in [5, 5.41) is 3.32. The van der Waals surface area contributed by atoms with Crippen molar-refractivity contribution in [2.24, 2.45) is 0 Å². The number of hydrogen-bond donors (Lipinski definition) is 1. The number of anilines is 2. The van der Waals surface area contributed by atoms with E-state index in [-0.39, 0.29) is 12.1 Å². The van der Waals surface area contributed by atoms with Crippen LogP contribution < -0.4 is 10.2 Å². The Balaban J connectivity index is 1.70. The number of nitrogens with zero attached hydrogens (tertiary/aromatic N) is 3. The Hall–Kier alpha value is -1.98. The summed E-state index contributed by atoms with van der Waals surface area (Å²) in [5.74, 6) is 1.00. The number of fused-ring (bicyclic) bond motifs is 1. The summed E-state index contributed by atoms with van der Waals surface area (Å²) in [6.07, 6.45) is 2.66. The predicted octanol–water partition coefficient (Wildman–Crippen LogP) is 2.50. The highest BCUT2D eigenvalue weighted by atomic mass is 16.6. The predicted molar refractivity (Wildman–Crippen MR) is 91.0 cm³/mol. The normalized spacial score (nSPS) is 21.0. The summed E-state index contributed by atoms with van der Waals surface area (Å²) in [6, 6.07) is 2.21. The maximum atomic E-state index is 12.3. The van der Waals surface area contributed by atoms with Gasteiger partial charge in [-0.1, -0.05) is 0 Å². The van der Waals surface area contributed by atoms with Crippen LogP contribution in [0.2, 0.25) is 0 Å². The first kappa shape index (κ1) is 15.9. The fourth-order valence-corrected chi connectivity index (χ4v) is 3.25. The first-order valence-corrected chi connectivity index (χ1v) is 8.31. The lowest BCUT2D eigenvalue weighted by Crippen LogP contribution is -2.55. The number of aromatic nitrogens is 1. The highest BCUT2D eigenvalue weighted by Crippen LogP contribution is 2.31. The topological polar surface area (TPSA) is 57.7 Å². The van der Waals surface area contributed by atoms with E-state index in [0.717, 1.165) is 31.9 Å². The second kappa shape index (κ2) is 5.91. The molecule has 2 aliphatic rings. The number of ether oxygens (including phenoxy) is 1. The van der Waals surface area contributed by atoms with Crippen molar-refractivity contribution in [1.82, 2.24) is 9.88 Å². The Morgan fingerprint density at radius 3 is 2.87 bits per heavy atom. The largest absolute Gasteiger partial charge is 0.444 e. The Kier molecular flexibility index (Phi) is 4.08. The van der Waals surface area contributed by atoms with Crippen LogP contribution in [0.1, 0.15) is 33.3 Å². The maximum Gasteiger partial charge on any atom is 0.410 e. The third kappa shape index (κ3) is 3.35. The average Bonchev–Trinajstić information content (AvgIpc) is 2.93. The molecule has 1 N–H and O–H groups in total. The number of carbonyl (C=O) groups excluding carboxylic acids is 1. The molecule has 1 aromatic rings. The minimum atomic E-state index is -0.453. The molecule has 2 aliphatic heterocycles. The molecule has 1 aromatic heterocycles. The van der Waals surface area contributed by atoms with Gasteiger partial charge in [-0.3, -0.25) is 0 Å². The second-order valence-electron chi connectivity index (χ2n) is 7.30. The van der Waals surface area contributed by atoms with E-state index >= 15 is 0 Å². The standard InChI is InChI=1S/C17H26N4O2/c1-12-11-20(9-10-21(12)16(22)23-17(2,3)4)14-6-8-19-15-13(14)5-7-18-15/h6,8,12H,5,7,9-11H2,1-4H3,(H,18,19)/t12-/m1/s1. The molecule has 6 nitrogen and oxygen atoms in total. The lowest BCUT2D eigenvalue weighted by atomic mass is 10.1. The third-order valence-corrected chi connectivity index (χ3v) is 4.29. The molecule has 0 spiro atoms. The molecule has 0 radical (unpaired) electrons. The molecule has 3 rings (SSSR count). The Morgan fingerprint density at radius 1 is 1.39 bits per heavy atom. The minimum absolute atomic E-state index is 0.122. The summed E-state index contributed by atoms with van der Waals surface area (Å²) >= 11 is 0. The van der Waals surface area contributed by atoms with Crippen molar-refractivity contribution in [1.29, 1.82) is 0 Å². The fourth-order valence-electron chi connectivity index (χ4n) is 3.25. The van der Waals surface area contributed by atoms with Gasteiger partial charge < -0.3 is 19.9 Å². The van der Waals surface area contributed by atoms with Gasteiger partial charge in [-0.25, -0.2) is 9.78 Å². The molecular weight excluding hydrogens is 292 g/mol. The van der Waals surface area contributed by atoms with Gasteiger partial charge >= 0.3 is 6.09 Å². The highest BCUT2D eigenvalue weighted by molar-refractivity contribution is 5.70. The van der Waals surface area contributed by atoms with Gasteiger partial charge in [-0.05, 0) is 40.2 Å². The van der Waals surface area contributed by atoms with E-state index in [2.05, 4.69) is 28.2 Å². The van der Waals surface area contributed by atoms with Crippen molar-refractivity contribution in [2.75, 3.05) is 36.4 Å². The molecule has 1 amide bonds. The van der Waals surface area contributed by atoms with Gasteiger partial charge in [0.15, 0.2) is 0 Å². The number of pyridine rings is 1. The number of rotatable bonds is 1. The molecule has 126 valence electrons. The molecule has 0 unspecified atom stereocenters. The quantitative estimate of drug-likeness (QED) is 0.862. The molecule has 6 heteroatoms. The van der Waals surface area contributed by atoms with Gasteiger partial charge in [0.25, 0.3) is 0 Å². The smallest absolute Gasteiger partial charge is 0.410 e. The van der Waals surface area contributed by atoms with Crippen molar-refractivity contribution < 1.29 is 9.53 Å². The van der Waals surface area contributed by atoms with Crippen LogP contribution in [0.5, 0.6) is 0 Å². The third-order valence-electron chi connectivity index (χ3n) is 4.29. The molecule has 1 fully saturated rings. The van der Waals surface area contributed by atoms with Crippen molar-refractivity contribution in [2.45, 2.75) is 45.8 Å². The molecule has 0 saturated carbocycles. The number of hydrogen-bond acceptors (Lipinski definition) is 5. The first-order chi connectivity index (χ1) is 10.8. The van der Waals surface area contributed by atoms with Crippen LogP contribution in [0, 0.1) is 0 Å². The summed E-state index contributed by atoms with van der Waals surface area (Å²) in [7, 11) is 0. The Labute approximate surface area is 137 Å². The van der Waals surface area contributed by atoms with Crippen LogP contribution >= 0.6 is 0 Å². The van der Waals surface area contributed by atoms with Crippen molar-refractivity contribution >= 4 is 17.6 Å². The van der Waals surface area contributed by atoms with E-state index in [1.54, 1.807) is 0 Å². The Morgan fingerprint density at radius 2 is 2.17 bits per heavy atom. The summed E-state index contributed by atoms with van der Waals surface area (Å²) in [6.45, 7) is 11.1. The monoisotopic (exact) mass is 318 g/mol. The van der Waals surface area contributed by atoms with Gasteiger partial charge in [-0.2, -0.15) is 0 Å². The first-order valence-electron chi connectivity index (χ1n) is 8.31. The SMILES string of the molecule is C[C@@H]1CN(c2ccnc3c2CCN3)CCN1C(=O)OC(C)(C)C. The molecule has 23 heavy (non-hydrogen) atoms. The molecule has 0 bridgehead atoms. The van der Waals surface area contributed by atoms with Gasteiger partial charge in [-0.15, -0.1) is 0 Å². The van der Waals surface area contributed by atoms with Gasteiger partial charge in [0, 0.05) is 49.7 Å². The minimum Gasteiger partial charge on any atom is -0.444 e. The van der Waals surface area contributed by atoms with Crippen LogP contribution in [0.15, 0.2) is 12.3 Å². The summed E-state index contributed by atoms with van der Waals surface area (Å²) in [4.78, 5) is 20.9. The number of carbonyl (C=O) groups is 1. The van der Waals surface area contributed by atoms with E-state index < -0.39 is 5.60 Å². The zero-order chi connectivity index (χ0) is 16.6. The van der Waals surface area contributed by atoms with Crippen LogP contribution in [0.25, 0.3) is 0 Å². The van der Waals surface area contributed by atoms with E-state index in [9.17, 15) is 4.79 Å². The number of amides is 1. The average molecular weight is 318 g/mol. The maximum absolute atomic E-state index is 12.3. The molecule has 0 aromatic carbocycles. The van der Waals surface area contributed by atoms with Gasteiger partial charge in [0.2, 0.25) is 0 Å². The highest BCUT2D eigenvalue weighted by Gasteiger charge is 2.32. The summed E-state index contributed by atoms with van der Waals surface area (Å²) in [5.41, 5.74) is 2.09. The molecule has 1 saturated heterocycles. The zero-order valence-electron chi connectivity index (χ0n) is 14.4. The van der Waals surface area contributed by atoms with Gasteiger partial charge in [0.1, 0.15) is 11.4 Å². The number of nitrogens with one attached hydrogen (secondary N) is 1. The van der Waals surface area contributed by atoms with Crippen LogP contribution in [0.4, 0.5) is 16.3 Å². The molecule has 3 heterocycles. The lowest BCUT2D eigenvalue weighted by molar-refractivity contribution is 0.0159. The second-order valence-corrected chi connectivity index (χ2v) is 7.30. The van der Waals surface area contributed by atoms with Crippen molar-refractivity contribution in [3.05, 3.63) is 17.8 Å². The van der Waals surface area contributed by atoms with Crippen molar-refractivity contribution in [3.63, 3.8) is 0 Å². The zero-order valence-corrected chi connectivity index (χ0v) is 14.4. The van der Waals surface area contributed by atoms with Crippen LogP contribution in [-0.4, -0.2) is 53.8 Å². The summed E-state index contributed by atoms with van der Waals surface area (Å²) < 4.78 is 5.51. The van der Waals surface area contributed by atoms with E-state index in [1.165, 1.54) is 11.3 Å². The fraction of sp³-hybridized carbons (Fsp3) is 0.647. The van der Waals surface area contributed by atoms with E-state index in [4.69, 9.17) is 4.74 Å². The number of piperazine rings is 1.